The maximum Gasteiger partial charge on any atom is 0.243 e. The fraction of sp³-hybridized carbons (Fsp3) is 0.462. The van der Waals surface area contributed by atoms with Crippen molar-refractivity contribution < 1.29 is 17.6 Å². The standard InChI is InChI=1S/C13H17FN2O3S2/c1-20-10-13(17)15-6-8-16(9-7-15)21(18,19)12-4-2-11(14)3-5-12/h2-5H,6-10H2,1H3. The van der Waals surface area contributed by atoms with E-state index in [1.54, 1.807) is 4.90 Å². The van der Waals surface area contributed by atoms with Gasteiger partial charge in [-0.05, 0) is 30.5 Å². The normalized spacial score (nSPS) is 17.0. The summed E-state index contributed by atoms with van der Waals surface area (Å²) in [5, 5.41) is 0. The van der Waals surface area contributed by atoms with Gasteiger partial charge in [-0.1, -0.05) is 0 Å². The Morgan fingerprint density at radius 1 is 1.19 bits per heavy atom. The predicted octanol–water partition coefficient (Wildman–Crippen LogP) is 1.02. The van der Waals surface area contributed by atoms with Crippen LogP contribution in [0.4, 0.5) is 4.39 Å². The molecule has 8 heteroatoms. The molecule has 1 saturated heterocycles. The molecule has 1 aliphatic rings. The first-order valence-corrected chi connectivity index (χ1v) is 9.31. The van der Waals surface area contributed by atoms with E-state index in [0.29, 0.717) is 18.8 Å². The third-order valence-electron chi connectivity index (χ3n) is 3.31. The van der Waals surface area contributed by atoms with Crippen LogP contribution in [0.25, 0.3) is 0 Å². The summed E-state index contributed by atoms with van der Waals surface area (Å²) in [5.74, 6) is -0.0344. The summed E-state index contributed by atoms with van der Waals surface area (Å²) < 4.78 is 39.0. The molecule has 0 bridgehead atoms. The van der Waals surface area contributed by atoms with Crippen LogP contribution in [0.15, 0.2) is 29.2 Å². The second-order valence-corrected chi connectivity index (χ2v) is 7.48. The Labute approximate surface area is 128 Å². The zero-order valence-electron chi connectivity index (χ0n) is 11.7. The van der Waals surface area contributed by atoms with Gasteiger partial charge < -0.3 is 4.90 Å². The van der Waals surface area contributed by atoms with E-state index in [1.165, 1.54) is 28.2 Å². The number of carbonyl (C=O) groups excluding carboxylic acids is 1. The lowest BCUT2D eigenvalue weighted by Gasteiger charge is -2.34. The maximum atomic E-state index is 12.9. The van der Waals surface area contributed by atoms with Crippen LogP contribution in [0.3, 0.4) is 0 Å². The SMILES string of the molecule is CSCC(=O)N1CCN(S(=O)(=O)c2ccc(F)cc2)CC1. The van der Waals surface area contributed by atoms with Gasteiger partial charge in [0.2, 0.25) is 15.9 Å². The van der Waals surface area contributed by atoms with Gasteiger partial charge in [-0.15, -0.1) is 0 Å². The molecule has 21 heavy (non-hydrogen) atoms. The lowest BCUT2D eigenvalue weighted by atomic mass is 10.3. The molecule has 0 radical (unpaired) electrons. The van der Waals surface area contributed by atoms with E-state index in [9.17, 15) is 17.6 Å². The lowest BCUT2D eigenvalue weighted by Crippen LogP contribution is -2.50. The number of carbonyl (C=O) groups is 1. The van der Waals surface area contributed by atoms with Crippen molar-refractivity contribution in [3.63, 3.8) is 0 Å². The number of amides is 1. The number of hydrogen-bond acceptors (Lipinski definition) is 4. The molecule has 116 valence electrons. The van der Waals surface area contributed by atoms with E-state index in [0.717, 1.165) is 12.1 Å². The summed E-state index contributed by atoms with van der Waals surface area (Å²) >= 11 is 1.45. The second kappa shape index (κ2) is 6.76. The van der Waals surface area contributed by atoms with Crippen LogP contribution >= 0.6 is 11.8 Å². The zero-order valence-corrected chi connectivity index (χ0v) is 13.3. The Morgan fingerprint density at radius 3 is 2.29 bits per heavy atom. The Bertz CT molecular complexity index is 596. The van der Waals surface area contributed by atoms with Crippen LogP contribution in [-0.4, -0.2) is 61.7 Å². The number of halogens is 1. The molecule has 0 unspecified atom stereocenters. The first-order valence-electron chi connectivity index (χ1n) is 6.47. The minimum absolute atomic E-state index is 0.0290. The van der Waals surface area contributed by atoms with Gasteiger partial charge in [-0.3, -0.25) is 4.79 Å². The van der Waals surface area contributed by atoms with Gasteiger partial charge in [-0.2, -0.15) is 16.1 Å². The van der Waals surface area contributed by atoms with E-state index in [1.807, 2.05) is 6.26 Å². The van der Waals surface area contributed by atoms with E-state index in [-0.39, 0.29) is 23.9 Å². The van der Waals surface area contributed by atoms with Crippen molar-refractivity contribution in [1.82, 2.24) is 9.21 Å². The first-order chi connectivity index (χ1) is 9.95. The molecular weight excluding hydrogens is 315 g/mol. The molecule has 5 nitrogen and oxygen atoms in total. The molecule has 0 saturated carbocycles. The molecular formula is C13H17FN2O3S2. The van der Waals surface area contributed by atoms with Crippen molar-refractivity contribution in [3.8, 4) is 0 Å². The number of hydrogen-bond donors (Lipinski definition) is 0. The van der Waals surface area contributed by atoms with Crippen LogP contribution < -0.4 is 0 Å². The monoisotopic (exact) mass is 332 g/mol. The maximum absolute atomic E-state index is 12.9. The molecule has 1 aromatic carbocycles. The Balaban J connectivity index is 2.04. The van der Waals surface area contributed by atoms with Crippen LogP contribution in [0, 0.1) is 5.82 Å². The van der Waals surface area contributed by atoms with Crippen LogP contribution in [0.1, 0.15) is 0 Å². The van der Waals surface area contributed by atoms with Gasteiger partial charge in [-0.25, -0.2) is 12.8 Å². The molecule has 0 spiro atoms. The summed E-state index contributed by atoms with van der Waals surface area (Å²) in [6, 6.07) is 4.78. The van der Waals surface area contributed by atoms with Crippen molar-refractivity contribution in [2.45, 2.75) is 4.90 Å². The molecule has 0 aliphatic carbocycles. The van der Waals surface area contributed by atoms with E-state index in [2.05, 4.69) is 0 Å². The average Bonchev–Trinajstić information content (AvgIpc) is 2.48. The molecule has 2 rings (SSSR count). The number of nitrogens with zero attached hydrogens (tertiary/aromatic N) is 2. The highest BCUT2D eigenvalue weighted by Crippen LogP contribution is 2.18. The Morgan fingerprint density at radius 2 is 1.76 bits per heavy atom. The second-order valence-electron chi connectivity index (χ2n) is 4.67. The van der Waals surface area contributed by atoms with E-state index in [4.69, 9.17) is 0 Å². The van der Waals surface area contributed by atoms with Gasteiger partial charge in [0.15, 0.2) is 0 Å². The highest BCUT2D eigenvalue weighted by Gasteiger charge is 2.29. The van der Waals surface area contributed by atoms with Crippen molar-refractivity contribution >= 4 is 27.7 Å². The average molecular weight is 332 g/mol. The molecule has 0 aromatic heterocycles. The highest BCUT2D eigenvalue weighted by atomic mass is 32.2. The lowest BCUT2D eigenvalue weighted by molar-refractivity contribution is -0.129. The largest absolute Gasteiger partial charge is 0.339 e. The third-order valence-corrected chi connectivity index (χ3v) is 5.76. The first kappa shape index (κ1) is 16.3. The molecule has 1 fully saturated rings. The van der Waals surface area contributed by atoms with Crippen molar-refractivity contribution in [2.75, 3.05) is 38.2 Å². The minimum atomic E-state index is -3.62. The smallest absolute Gasteiger partial charge is 0.243 e. The van der Waals surface area contributed by atoms with Gasteiger partial charge >= 0.3 is 0 Å². The van der Waals surface area contributed by atoms with Crippen molar-refractivity contribution in [1.29, 1.82) is 0 Å². The molecule has 0 atom stereocenters. The number of benzene rings is 1. The summed E-state index contributed by atoms with van der Waals surface area (Å²) in [5.41, 5.74) is 0. The fourth-order valence-corrected chi connectivity index (χ4v) is 4.00. The molecule has 1 heterocycles. The number of piperazine rings is 1. The van der Waals surface area contributed by atoms with Crippen LogP contribution in [0.2, 0.25) is 0 Å². The summed E-state index contributed by atoms with van der Waals surface area (Å²) in [7, 11) is -3.62. The summed E-state index contributed by atoms with van der Waals surface area (Å²) in [4.78, 5) is 13.5. The van der Waals surface area contributed by atoms with Gasteiger partial charge in [0.05, 0.1) is 10.6 Å². The Hall–Kier alpha value is -1.12. The predicted molar refractivity (Wildman–Crippen MR) is 80.1 cm³/mol. The number of thioether (sulfide) groups is 1. The van der Waals surface area contributed by atoms with Gasteiger partial charge in [0.1, 0.15) is 5.82 Å². The van der Waals surface area contributed by atoms with Crippen molar-refractivity contribution in [3.05, 3.63) is 30.1 Å². The van der Waals surface area contributed by atoms with Gasteiger partial charge in [0, 0.05) is 26.2 Å². The molecule has 1 aromatic rings. The summed E-state index contributed by atoms with van der Waals surface area (Å²) in [6.07, 6.45) is 1.85. The number of rotatable bonds is 4. The topological polar surface area (TPSA) is 57.7 Å². The molecule has 1 amide bonds. The van der Waals surface area contributed by atoms with Gasteiger partial charge in [0.25, 0.3) is 0 Å². The quantitative estimate of drug-likeness (QED) is 0.826. The summed E-state index contributed by atoms with van der Waals surface area (Å²) in [6.45, 7) is 1.30. The number of sulfonamides is 1. The minimum Gasteiger partial charge on any atom is -0.339 e. The zero-order chi connectivity index (χ0) is 15.5. The van der Waals surface area contributed by atoms with Crippen LogP contribution in [-0.2, 0) is 14.8 Å². The molecule has 1 aliphatic heterocycles. The van der Waals surface area contributed by atoms with E-state index < -0.39 is 15.8 Å². The Kier molecular flexibility index (Phi) is 5.23. The fourth-order valence-electron chi connectivity index (χ4n) is 2.15. The van der Waals surface area contributed by atoms with Crippen LogP contribution in [0.5, 0.6) is 0 Å². The highest BCUT2D eigenvalue weighted by molar-refractivity contribution is 7.99. The van der Waals surface area contributed by atoms with Crippen molar-refractivity contribution in [2.24, 2.45) is 0 Å². The molecule has 0 N–H and O–H groups in total. The third kappa shape index (κ3) is 3.75. The van der Waals surface area contributed by atoms with E-state index >= 15 is 0 Å².